The fourth-order valence-corrected chi connectivity index (χ4v) is 4.59. The molecule has 1 N–H and O–H groups in total. The summed E-state index contributed by atoms with van der Waals surface area (Å²) < 4.78 is 42.0. The molecule has 0 atom stereocenters. The van der Waals surface area contributed by atoms with E-state index in [2.05, 4.69) is 20.6 Å². The van der Waals surface area contributed by atoms with Gasteiger partial charge in [0.05, 0.1) is 16.1 Å². The van der Waals surface area contributed by atoms with Crippen molar-refractivity contribution in [1.82, 2.24) is 19.8 Å². The molecule has 0 radical (unpaired) electrons. The SMILES string of the molecule is O=S(=O)(c1ccc(Cl)cc1)c1nnn2c1nc(Nc1ccccc1F)c1ccccc12. The quantitative estimate of drug-likeness (QED) is 0.426. The van der Waals surface area contributed by atoms with Gasteiger partial charge in [0.25, 0.3) is 0 Å². The maximum Gasteiger partial charge on any atom is 0.229 e. The van der Waals surface area contributed by atoms with Gasteiger partial charge in [-0.05, 0) is 48.5 Å². The number of benzene rings is 3. The van der Waals surface area contributed by atoms with E-state index in [0.717, 1.165) is 0 Å². The highest BCUT2D eigenvalue weighted by atomic mass is 35.5. The van der Waals surface area contributed by atoms with Crippen LogP contribution < -0.4 is 5.32 Å². The number of aromatic nitrogens is 4. The average molecular weight is 454 g/mol. The first-order valence-electron chi connectivity index (χ1n) is 9.11. The molecule has 2 heterocycles. The molecule has 0 aliphatic heterocycles. The van der Waals surface area contributed by atoms with Crippen molar-refractivity contribution in [2.75, 3.05) is 5.32 Å². The molecular formula is C21H13ClFN5O2S. The third kappa shape index (κ3) is 3.28. The van der Waals surface area contributed by atoms with Crippen molar-refractivity contribution in [2.45, 2.75) is 9.92 Å². The number of nitrogens with zero attached hydrogens (tertiary/aromatic N) is 4. The van der Waals surface area contributed by atoms with Gasteiger partial charge < -0.3 is 5.32 Å². The van der Waals surface area contributed by atoms with Crippen molar-refractivity contribution in [1.29, 1.82) is 0 Å². The highest BCUT2D eigenvalue weighted by Gasteiger charge is 2.27. The Morgan fingerprint density at radius 2 is 1.65 bits per heavy atom. The maximum atomic E-state index is 14.2. The van der Waals surface area contributed by atoms with Gasteiger partial charge in [-0.2, -0.15) is 4.52 Å². The molecule has 0 aliphatic carbocycles. The number of hydrogen-bond donors (Lipinski definition) is 1. The van der Waals surface area contributed by atoms with Crippen LogP contribution in [-0.4, -0.2) is 28.2 Å². The van der Waals surface area contributed by atoms with Crippen LogP contribution in [0.3, 0.4) is 0 Å². The van der Waals surface area contributed by atoms with Crippen LogP contribution in [0, 0.1) is 5.82 Å². The van der Waals surface area contributed by atoms with E-state index < -0.39 is 15.7 Å². The second-order valence-electron chi connectivity index (χ2n) is 6.67. The van der Waals surface area contributed by atoms with E-state index in [9.17, 15) is 12.8 Å². The second-order valence-corrected chi connectivity index (χ2v) is 8.97. The molecule has 0 amide bonds. The smallest absolute Gasteiger partial charge is 0.229 e. The van der Waals surface area contributed by atoms with Gasteiger partial charge in [-0.1, -0.05) is 41.1 Å². The van der Waals surface area contributed by atoms with Crippen molar-refractivity contribution in [3.8, 4) is 0 Å². The number of fused-ring (bicyclic) bond motifs is 3. The fourth-order valence-electron chi connectivity index (χ4n) is 3.23. The van der Waals surface area contributed by atoms with E-state index in [4.69, 9.17) is 11.6 Å². The lowest BCUT2D eigenvalue weighted by atomic mass is 10.2. The van der Waals surface area contributed by atoms with E-state index in [1.54, 1.807) is 42.5 Å². The summed E-state index contributed by atoms with van der Waals surface area (Å²) in [5, 5.41) is 11.6. The lowest BCUT2D eigenvalue weighted by molar-refractivity contribution is 0.592. The van der Waals surface area contributed by atoms with E-state index in [1.165, 1.54) is 34.8 Å². The minimum Gasteiger partial charge on any atom is -0.337 e. The molecule has 0 spiro atoms. The average Bonchev–Trinajstić information content (AvgIpc) is 3.21. The van der Waals surface area contributed by atoms with Crippen molar-refractivity contribution < 1.29 is 12.8 Å². The van der Waals surface area contributed by atoms with Gasteiger partial charge in [0.1, 0.15) is 11.6 Å². The third-order valence-electron chi connectivity index (χ3n) is 4.73. The Morgan fingerprint density at radius 3 is 2.42 bits per heavy atom. The summed E-state index contributed by atoms with van der Waals surface area (Å²) in [6, 6.07) is 19.0. The van der Waals surface area contributed by atoms with Crippen LogP contribution in [0.15, 0.2) is 82.7 Å². The van der Waals surface area contributed by atoms with E-state index in [-0.39, 0.29) is 27.1 Å². The molecule has 31 heavy (non-hydrogen) atoms. The predicted octanol–water partition coefficient (Wildman–Crippen LogP) is 4.65. The van der Waals surface area contributed by atoms with Gasteiger partial charge in [-0.15, -0.1) is 5.10 Å². The zero-order chi connectivity index (χ0) is 21.6. The number of anilines is 2. The van der Waals surface area contributed by atoms with Gasteiger partial charge in [-0.25, -0.2) is 17.8 Å². The van der Waals surface area contributed by atoms with Gasteiger partial charge in [0.2, 0.25) is 14.9 Å². The molecule has 3 aromatic carbocycles. The normalized spacial score (nSPS) is 11.8. The molecule has 0 bridgehead atoms. The molecule has 0 unspecified atom stereocenters. The van der Waals surface area contributed by atoms with Crippen LogP contribution in [0.2, 0.25) is 5.02 Å². The number of nitrogens with one attached hydrogen (secondary N) is 1. The third-order valence-corrected chi connectivity index (χ3v) is 6.65. The zero-order valence-electron chi connectivity index (χ0n) is 15.7. The second kappa shape index (κ2) is 7.29. The van der Waals surface area contributed by atoms with Crippen molar-refractivity contribution in [3.63, 3.8) is 0 Å². The van der Waals surface area contributed by atoms with Crippen LogP contribution in [0.5, 0.6) is 0 Å². The minimum absolute atomic E-state index is 0.0119. The van der Waals surface area contributed by atoms with Crippen LogP contribution in [0.25, 0.3) is 16.6 Å². The molecule has 7 nitrogen and oxygen atoms in total. The zero-order valence-corrected chi connectivity index (χ0v) is 17.3. The van der Waals surface area contributed by atoms with E-state index >= 15 is 0 Å². The maximum absolute atomic E-state index is 14.2. The number of sulfone groups is 1. The Bertz CT molecular complexity index is 1550. The summed E-state index contributed by atoms with van der Waals surface area (Å²) in [5.41, 5.74) is 0.794. The summed E-state index contributed by atoms with van der Waals surface area (Å²) >= 11 is 5.88. The lowest BCUT2D eigenvalue weighted by Gasteiger charge is -2.11. The molecule has 5 aromatic rings. The van der Waals surface area contributed by atoms with Crippen molar-refractivity contribution in [3.05, 3.63) is 83.6 Å². The highest BCUT2D eigenvalue weighted by Crippen LogP contribution is 2.30. The first kappa shape index (κ1) is 19.4. The van der Waals surface area contributed by atoms with Gasteiger partial charge in [-0.3, -0.25) is 0 Å². The topological polar surface area (TPSA) is 89.2 Å². The fraction of sp³-hybridized carbons (Fsp3) is 0. The molecule has 10 heteroatoms. The summed E-state index contributed by atoms with van der Waals surface area (Å²) in [6.07, 6.45) is 0. The van der Waals surface area contributed by atoms with Gasteiger partial charge in [0, 0.05) is 10.4 Å². The Morgan fingerprint density at radius 1 is 0.935 bits per heavy atom. The van der Waals surface area contributed by atoms with Crippen molar-refractivity contribution >= 4 is 49.5 Å². The first-order chi connectivity index (χ1) is 14.9. The molecule has 0 saturated heterocycles. The van der Waals surface area contributed by atoms with E-state index in [0.29, 0.717) is 15.9 Å². The number of para-hydroxylation sites is 2. The van der Waals surface area contributed by atoms with Gasteiger partial charge in [0.15, 0.2) is 5.65 Å². The minimum atomic E-state index is -4.02. The molecule has 5 rings (SSSR count). The summed E-state index contributed by atoms with van der Waals surface area (Å²) in [5.74, 6) is -0.183. The monoisotopic (exact) mass is 453 g/mol. The van der Waals surface area contributed by atoms with E-state index in [1.807, 2.05) is 0 Å². The predicted molar refractivity (Wildman–Crippen MR) is 115 cm³/mol. The largest absolute Gasteiger partial charge is 0.337 e. The molecular weight excluding hydrogens is 441 g/mol. The number of rotatable bonds is 4. The summed E-state index contributed by atoms with van der Waals surface area (Å²) in [4.78, 5) is 4.48. The first-order valence-corrected chi connectivity index (χ1v) is 11.0. The molecule has 0 aliphatic rings. The Labute approximate surface area is 181 Å². The molecule has 154 valence electrons. The Balaban J connectivity index is 1.75. The van der Waals surface area contributed by atoms with Crippen LogP contribution in [0.1, 0.15) is 0 Å². The lowest BCUT2D eigenvalue weighted by Crippen LogP contribution is -2.06. The van der Waals surface area contributed by atoms with Crippen LogP contribution in [0.4, 0.5) is 15.9 Å². The van der Waals surface area contributed by atoms with Gasteiger partial charge >= 0.3 is 0 Å². The van der Waals surface area contributed by atoms with Crippen LogP contribution in [-0.2, 0) is 9.84 Å². The molecule has 2 aromatic heterocycles. The standard InChI is InChI=1S/C21H13ClFN5O2S/c22-13-9-11-14(12-10-13)31(29,30)21-20-25-19(24-17-7-3-2-6-16(17)23)15-5-1-4-8-18(15)28(20)27-26-21/h1-12H,(H,24,25). The molecule has 0 fully saturated rings. The number of halogens is 2. The van der Waals surface area contributed by atoms with Crippen molar-refractivity contribution in [2.24, 2.45) is 0 Å². The Kier molecular flexibility index (Phi) is 4.57. The summed E-state index contributed by atoms with van der Waals surface area (Å²) in [7, 11) is -4.02. The summed E-state index contributed by atoms with van der Waals surface area (Å²) in [6.45, 7) is 0. The molecule has 0 saturated carbocycles. The number of hydrogen-bond acceptors (Lipinski definition) is 6. The van der Waals surface area contributed by atoms with Crippen LogP contribution >= 0.6 is 11.6 Å². The Hall–Kier alpha value is -3.56. The highest BCUT2D eigenvalue weighted by molar-refractivity contribution is 7.91.